The number of carbonyl (C=O) groups is 1. The Kier molecular flexibility index (Phi) is 6.68. The Labute approximate surface area is 242 Å². The molecule has 1 aromatic heterocycles. The normalized spacial score (nSPS) is 12.8. The van der Waals surface area contributed by atoms with Crippen LogP contribution in [-0.2, 0) is 32.9 Å². The molecule has 0 saturated carbocycles. The number of hydrogen-bond donors (Lipinski definition) is 3. The van der Waals surface area contributed by atoms with Crippen molar-refractivity contribution in [3.8, 4) is 28.1 Å². The number of rotatable bonds is 7. The van der Waals surface area contributed by atoms with E-state index in [9.17, 15) is 21.6 Å². The lowest BCUT2D eigenvalue weighted by Crippen LogP contribution is -2.16. The second-order valence-corrected chi connectivity index (χ2v) is 13.1. The second kappa shape index (κ2) is 10.2. The number of nitrogens with one attached hydrogen (secondary N) is 1. The maximum atomic E-state index is 13.3. The maximum absolute atomic E-state index is 13.3. The summed E-state index contributed by atoms with van der Waals surface area (Å²) in [5, 5.41) is 9.70. The quantitative estimate of drug-likeness (QED) is 0.257. The lowest BCUT2D eigenvalue weighted by atomic mass is 9.88. The summed E-state index contributed by atoms with van der Waals surface area (Å²) in [6, 6.07) is 27.2. The van der Waals surface area contributed by atoms with Crippen LogP contribution in [0.25, 0.3) is 28.1 Å². The summed E-state index contributed by atoms with van der Waals surface area (Å²) >= 11 is 0. The van der Waals surface area contributed by atoms with E-state index in [1.165, 1.54) is 28.9 Å². The predicted octanol–water partition coefficient (Wildman–Crippen LogP) is 3.85. The third-order valence-corrected chi connectivity index (χ3v) is 9.49. The summed E-state index contributed by atoms with van der Waals surface area (Å²) in [6.07, 6.45) is 1.08. The zero-order valence-corrected chi connectivity index (χ0v) is 23.7. The lowest BCUT2D eigenvalue weighted by Gasteiger charge is -2.20. The Morgan fingerprint density at radius 3 is 2.07 bits per heavy atom. The SMILES string of the molecule is NC(=O)c1nn(-c2ccc(S(N)(=O)=O)cc2)c2c1CCc1ccc(NS(=O)(=O)c3ccc(-c4ccccc4)cc3)cc1-2. The van der Waals surface area contributed by atoms with E-state index in [4.69, 9.17) is 10.9 Å². The summed E-state index contributed by atoms with van der Waals surface area (Å²) < 4.78 is 54.3. The summed E-state index contributed by atoms with van der Waals surface area (Å²) in [4.78, 5) is 12.3. The van der Waals surface area contributed by atoms with Crippen LogP contribution in [-0.4, -0.2) is 32.5 Å². The van der Waals surface area contributed by atoms with Crippen LogP contribution < -0.4 is 15.6 Å². The van der Waals surface area contributed by atoms with Gasteiger partial charge in [0.05, 0.1) is 21.2 Å². The fraction of sp³-hybridized carbons (Fsp3) is 0.0667. The Hall–Kier alpha value is -4.78. The molecule has 1 amide bonds. The molecule has 6 rings (SSSR count). The van der Waals surface area contributed by atoms with Crippen LogP contribution in [0.1, 0.15) is 21.6 Å². The molecule has 0 radical (unpaired) electrons. The molecule has 5 N–H and O–H groups in total. The van der Waals surface area contributed by atoms with Gasteiger partial charge in [0.2, 0.25) is 10.0 Å². The Balaban J connectivity index is 1.38. The van der Waals surface area contributed by atoms with E-state index < -0.39 is 26.0 Å². The molecular formula is C30H25N5O5S2. The number of aryl methyl sites for hydroxylation is 1. The molecule has 5 aromatic rings. The molecule has 1 aliphatic carbocycles. The van der Waals surface area contributed by atoms with Gasteiger partial charge in [0.25, 0.3) is 15.9 Å². The topological polar surface area (TPSA) is 167 Å². The number of primary sulfonamides is 1. The van der Waals surface area contributed by atoms with Gasteiger partial charge in [0, 0.05) is 16.8 Å². The van der Waals surface area contributed by atoms with Gasteiger partial charge in [0.15, 0.2) is 5.69 Å². The smallest absolute Gasteiger partial charge is 0.269 e. The molecule has 0 spiro atoms. The molecule has 4 aromatic carbocycles. The molecule has 0 fully saturated rings. The van der Waals surface area contributed by atoms with Crippen molar-refractivity contribution >= 4 is 31.6 Å². The van der Waals surface area contributed by atoms with Crippen LogP contribution in [0.15, 0.2) is 107 Å². The number of aromatic nitrogens is 2. The van der Waals surface area contributed by atoms with Crippen LogP contribution in [0.5, 0.6) is 0 Å². The first-order valence-corrected chi connectivity index (χ1v) is 15.9. The number of primary amides is 1. The summed E-state index contributed by atoms with van der Waals surface area (Å²) in [7, 11) is -7.83. The zero-order chi connectivity index (χ0) is 29.6. The Bertz CT molecular complexity index is 2060. The van der Waals surface area contributed by atoms with E-state index in [2.05, 4.69) is 9.82 Å². The zero-order valence-electron chi connectivity index (χ0n) is 22.1. The molecule has 42 heavy (non-hydrogen) atoms. The first-order valence-electron chi connectivity index (χ1n) is 12.9. The van der Waals surface area contributed by atoms with Crippen LogP contribution in [0.3, 0.4) is 0 Å². The van der Waals surface area contributed by atoms with Crippen molar-refractivity contribution in [2.75, 3.05) is 4.72 Å². The third-order valence-electron chi connectivity index (χ3n) is 7.16. The van der Waals surface area contributed by atoms with Gasteiger partial charge in [-0.1, -0.05) is 48.5 Å². The van der Waals surface area contributed by atoms with Crippen molar-refractivity contribution in [1.82, 2.24) is 9.78 Å². The molecule has 12 heteroatoms. The van der Waals surface area contributed by atoms with E-state index in [1.54, 1.807) is 36.4 Å². The molecule has 0 unspecified atom stereocenters. The highest BCUT2D eigenvalue weighted by Crippen LogP contribution is 2.39. The van der Waals surface area contributed by atoms with Gasteiger partial charge in [0.1, 0.15) is 0 Å². The molecule has 1 aliphatic rings. The number of hydrogen-bond acceptors (Lipinski definition) is 6. The Morgan fingerprint density at radius 2 is 1.43 bits per heavy atom. The van der Waals surface area contributed by atoms with Gasteiger partial charge in [-0.05, 0) is 78.1 Å². The van der Waals surface area contributed by atoms with Crippen LogP contribution in [0.4, 0.5) is 5.69 Å². The van der Waals surface area contributed by atoms with Gasteiger partial charge in [-0.15, -0.1) is 0 Å². The number of anilines is 1. The van der Waals surface area contributed by atoms with Crippen LogP contribution in [0, 0.1) is 0 Å². The highest BCUT2D eigenvalue weighted by molar-refractivity contribution is 7.92. The third kappa shape index (κ3) is 5.07. The van der Waals surface area contributed by atoms with E-state index in [-0.39, 0.29) is 15.5 Å². The van der Waals surface area contributed by atoms with Gasteiger partial charge in [-0.25, -0.2) is 26.7 Å². The number of benzene rings is 4. The van der Waals surface area contributed by atoms with E-state index in [1.807, 2.05) is 36.4 Å². The maximum Gasteiger partial charge on any atom is 0.269 e. The summed E-state index contributed by atoms with van der Waals surface area (Å²) in [5.41, 5.74) is 11.2. The number of amides is 1. The van der Waals surface area contributed by atoms with E-state index in [0.717, 1.165) is 16.7 Å². The van der Waals surface area contributed by atoms with Crippen molar-refractivity contribution in [3.05, 3.63) is 114 Å². The minimum atomic E-state index is -3.92. The highest BCUT2D eigenvalue weighted by Gasteiger charge is 2.29. The molecule has 0 bridgehead atoms. The lowest BCUT2D eigenvalue weighted by molar-refractivity contribution is 0.0994. The average molecular weight is 600 g/mol. The van der Waals surface area contributed by atoms with Crippen molar-refractivity contribution < 1.29 is 21.6 Å². The van der Waals surface area contributed by atoms with Crippen LogP contribution >= 0.6 is 0 Å². The summed E-state index contributed by atoms with van der Waals surface area (Å²) in [6.45, 7) is 0. The number of sulfonamides is 2. The molecule has 10 nitrogen and oxygen atoms in total. The van der Waals surface area contributed by atoms with E-state index >= 15 is 0 Å². The number of carbonyl (C=O) groups excluding carboxylic acids is 1. The first-order chi connectivity index (χ1) is 20.0. The van der Waals surface area contributed by atoms with Gasteiger partial charge >= 0.3 is 0 Å². The minimum Gasteiger partial charge on any atom is -0.364 e. The molecule has 212 valence electrons. The van der Waals surface area contributed by atoms with Crippen molar-refractivity contribution in [2.45, 2.75) is 22.6 Å². The standard InChI is InChI=1S/C30H25N5O5S2/c31-30(36)28-26-17-9-21-6-10-22(34-42(39,40)25-13-7-20(8-14-25)19-4-2-1-3-5-19)18-27(21)29(26)35(33-28)23-11-15-24(16-12-23)41(32,37)38/h1-8,10-16,18,34H,9,17H2,(H2,31,36)(H2,32,37,38). The number of fused-ring (bicyclic) bond motifs is 3. The second-order valence-electron chi connectivity index (χ2n) is 9.86. The van der Waals surface area contributed by atoms with Gasteiger partial charge in [-0.2, -0.15) is 5.10 Å². The summed E-state index contributed by atoms with van der Waals surface area (Å²) in [5.74, 6) is -0.703. The molecular weight excluding hydrogens is 574 g/mol. The monoisotopic (exact) mass is 599 g/mol. The fourth-order valence-corrected chi connectivity index (χ4v) is 6.70. The highest BCUT2D eigenvalue weighted by atomic mass is 32.2. The molecule has 0 atom stereocenters. The number of nitrogens with two attached hydrogens (primary N) is 2. The van der Waals surface area contributed by atoms with E-state index in [0.29, 0.717) is 41.0 Å². The first kappa shape index (κ1) is 27.4. The Morgan fingerprint density at radius 1 is 0.786 bits per heavy atom. The average Bonchev–Trinajstić information content (AvgIpc) is 3.38. The molecule has 1 heterocycles. The van der Waals surface area contributed by atoms with Crippen molar-refractivity contribution in [2.24, 2.45) is 10.9 Å². The van der Waals surface area contributed by atoms with Crippen LogP contribution in [0.2, 0.25) is 0 Å². The van der Waals surface area contributed by atoms with Crippen molar-refractivity contribution in [1.29, 1.82) is 0 Å². The minimum absolute atomic E-state index is 0.0729. The van der Waals surface area contributed by atoms with Crippen molar-refractivity contribution in [3.63, 3.8) is 0 Å². The number of nitrogens with zero attached hydrogens (tertiary/aromatic N) is 2. The molecule has 0 aliphatic heterocycles. The molecule has 0 saturated heterocycles. The predicted molar refractivity (Wildman–Crippen MR) is 159 cm³/mol. The fourth-order valence-electron chi connectivity index (χ4n) is 5.13. The van der Waals surface area contributed by atoms with Gasteiger partial charge in [-0.3, -0.25) is 9.52 Å². The van der Waals surface area contributed by atoms with Gasteiger partial charge < -0.3 is 5.73 Å². The largest absolute Gasteiger partial charge is 0.364 e.